The van der Waals surface area contributed by atoms with Crippen LogP contribution in [0.1, 0.15) is 10.4 Å². The molecule has 0 unspecified atom stereocenters. The molecule has 3 aromatic rings. The maximum Gasteiger partial charge on any atom is 0.325 e. The van der Waals surface area contributed by atoms with E-state index in [0.717, 1.165) is 22.5 Å². The van der Waals surface area contributed by atoms with Crippen molar-refractivity contribution >= 4 is 55.0 Å². The molecule has 0 aliphatic carbocycles. The van der Waals surface area contributed by atoms with E-state index in [1.165, 1.54) is 19.2 Å². The molecule has 1 heterocycles. The SMILES string of the molecule is COC(=O)Cn1c(=NC(=O)c2ccc(SC)cc2)sc2cc(S(C)(=O)=O)ccc21. The number of thioether (sulfide) groups is 1. The van der Waals surface area contributed by atoms with Crippen LogP contribution in [0.25, 0.3) is 10.2 Å². The summed E-state index contributed by atoms with van der Waals surface area (Å²) in [5.74, 6) is -0.957. The van der Waals surface area contributed by atoms with Crippen LogP contribution in [0.4, 0.5) is 0 Å². The van der Waals surface area contributed by atoms with Crippen molar-refractivity contribution in [1.29, 1.82) is 0 Å². The first-order valence-electron chi connectivity index (χ1n) is 8.36. The van der Waals surface area contributed by atoms with E-state index < -0.39 is 21.7 Å². The van der Waals surface area contributed by atoms with E-state index in [9.17, 15) is 18.0 Å². The second kappa shape index (κ2) is 8.52. The molecule has 0 radical (unpaired) electrons. The summed E-state index contributed by atoms with van der Waals surface area (Å²) in [5.41, 5.74) is 1.01. The molecule has 0 N–H and O–H groups in total. The largest absolute Gasteiger partial charge is 0.468 e. The first-order valence-corrected chi connectivity index (χ1v) is 12.3. The molecule has 0 saturated heterocycles. The lowest BCUT2D eigenvalue weighted by atomic mass is 10.2. The lowest BCUT2D eigenvalue weighted by Crippen LogP contribution is -2.22. The molecule has 1 amide bonds. The molecule has 0 spiro atoms. The lowest BCUT2D eigenvalue weighted by molar-refractivity contribution is -0.141. The van der Waals surface area contributed by atoms with E-state index in [-0.39, 0.29) is 16.2 Å². The number of carbonyl (C=O) groups is 2. The van der Waals surface area contributed by atoms with Crippen molar-refractivity contribution in [2.24, 2.45) is 4.99 Å². The maximum absolute atomic E-state index is 12.6. The molecule has 29 heavy (non-hydrogen) atoms. The van der Waals surface area contributed by atoms with Gasteiger partial charge in [-0.05, 0) is 48.7 Å². The molecule has 0 aliphatic rings. The number of esters is 1. The maximum atomic E-state index is 12.6. The smallest absolute Gasteiger partial charge is 0.325 e. The lowest BCUT2D eigenvalue weighted by Gasteiger charge is -2.04. The average Bonchev–Trinajstić information content (AvgIpc) is 3.03. The zero-order valence-electron chi connectivity index (χ0n) is 15.9. The summed E-state index contributed by atoms with van der Waals surface area (Å²) in [7, 11) is -2.12. The number of carbonyl (C=O) groups excluding carboxylic acids is 2. The Kier molecular flexibility index (Phi) is 6.25. The number of amides is 1. The second-order valence-corrected chi connectivity index (χ2v) is 10.00. The molecule has 0 bridgehead atoms. The predicted octanol–water partition coefficient (Wildman–Crippen LogP) is 2.74. The third-order valence-electron chi connectivity index (χ3n) is 4.13. The van der Waals surface area contributed by atoms with Gasteiger partial charge in [0, 0.05) is 16.7 Å². The van der Waals surface area contributed by atoms with E-state index >= 15 is 0 Å². The number of thiazole rings is 1. The molecule has 0 fully saturated rings. The van der Waals surface area contributed by atoms with Crippen LogP contribution in [0.3, 0.4) is 0 Å². The Hall–Kier alpha value is -2.43. The molecule has 0 atom stereocenters. The van der Waals surface area contributed by atoms with Crippen molar-refractivity contribution in [3.05, 3.63) is 52.8 Å². The molecular formula is C19H18N2O5S3. The molecule has 1 aromatic heterocycles. The third-order valence-corrected chi connectivity index (χ3v) is 7.03. The minimum atomic E-state index is -3.39. The van der Waals surface area contributed by atoms with Crippen LogP contribution in [0.2, 0.25) is 0 Å². The second-order valence-electron chi connectivity index (χ2n) is 6.09. The fourth-order valence-electron chi connectivity index (χ4n) is 2.60. The molecule has 10 heteroatoms. The number of methoxy groups -OCH3 is 1. The van der Waals surface area contributed by atoms with Crippen LogP contribution in [0.5, 0.6) is 0 Å². The van der Waals surface area contributed by atoms with Crippen molar-refractivity contribution in [3.8, 4) is 0 Å². The van der Waals surface area contributed by atoms with Crippen LogP contribution < -0.4 is 4.80 Å². The molecule has 7 nitrogen and oxygen atoms in total. The van der Waals surface area contributed by atoms with Gasteiger partial charge < -0.3 is 9.30 Å². The van der Waals surface area contributed by atoms with Gasteiger partial charge in [-0.15, -0.1) is 11.8 Å². The van der Waals surface area contributed by atoms with Crippen molar-refractivity contribution in [2.45, 2.75) is 16.3 Å². The zero-order chi connectivity index (χ0) is 21.2. The molecular weight excluding hydrogens is 432 g/mol. The van der Waals surface area contributed by atoms with E-state index in [1.54, 1.807) is 34.5 Å². The third kappa shape index (κ3) is 4.77. The van der Waals surface area contributed by atoms with Crippen LogP contribution >= 0.6 is 23.1 Å². The molecule has 0 aliphatic heterocycles. The van der Waals surface area contributed by atoms with Crippen LogP contribution in [0, 0.1) is 0 Å². The van der Waals surface area contributed by atoms with Gasteiger partial charge in [-0.25, -0.2) is 8.42 Å². The highest BCUT2D eigenvalue weighted by molar-refractivity contribution is 7.98. The van der Waals surface area contributed by atoms with E-state index in [0.29, 0.717) is 15.8 Å². The average molecular weight is 451 g/mol. The van der Waals surface area contributed by atoms with Crippen LogP contribution in [-0.2, 0) is 25.9 Å². The predicted molar refractivity (Wildman–Crippen MR) is 113 cm³/mol. The van der Waals surface area contributed by atoms with Crippen LogP contribution in [0.15, 0.2) is 57.2 Å². The summed E-state index contributed by atoms with van der Waals surface area (Å²) in [4.78, 5) is 30.1. The Bertz CT molecular complexity index is 1260. The van der Waals surface area contributed by atoms with Crippen LogP contribution in [-0.4, -0.2) is 44.5 Å². The topological polar surface area (TPSA) is 94.8 Å². The van der Waals surface area contributed by atoms with Crippen molar-refractivity contribution in [1.82, 2.24) is 4.57 Å². The minimum Gasteiger partial charge on any atom is -0.468 e. The number of benzene rings is 2. The number of sulfone groups is 1. The summed E-state index contributed by atoms with van der Waals surface area (Å²) in [5, 5.41) is 0. The van der Waals surface area contributed by atoms with Crippen molar-refractivity contribution in [2.75, 3.05) is 19.6 Å². The highest BCUT2D eigenvalue weighted by Gasteiger charge is 2.15. The van der Waals surface area contributed by atoms with E-state index in [4.69, 9.17) is 4.74 Å². The first-order chi connectivity index (χ1) is 13.7. The summed E-state index contributed by atoms with van der Waals surface area (Å²) in [6.07, 6.45) is 3.07. The van der Waals surface area contributed by atoms with Gasteiger partial charge in [0.15, 0.2) is 14.6 Å². The zero-order valence-corrected chi connectivity index (χ0v) is 18.4. The Morgan fingerprint density at radius 2 is 1.86 bits per heavy atom. The summed E-state index contributed by atoms with van der Waals surface area (Å²) < 4.78 is 30.6. The highest BCUT2D eigenvalue weighted by atomic mass is 32.2. The van der Waals surface area contributed by atoms with Crippen molar-refractivity contribution in [3.63, 3.8) is 0 Å². The van der Waals surface area contributed by atoms with Gasteiger partial charge in [0.05, 0.1) is 22.2 Å². The summed E-state index contributed by atoms with van der Waals surface area (Å²) in [6, 6.07) is 11.6. The van der Waals surface area contributed by atoms with Gasteiger partial charge in [-0.3, -0.25) is 9.59 Å². The summed E-state index contributed by atoms with van der Waals surface area (Å²) in [6.45, 7) is -0.147. The monoisotopic (exact) mass is 450 g/mol. The number of aromatic nitrogens is 1. The number of rotatable bonds is 5. The van der Waals surface area contributed by atoms with Crippen molar-refractivity contribution < 1.29 is 22.7 Å². The Balaban J connectivity index is 2.15. The van der Waals surface area contributed by atoms with Gasteiger partial charge in [0.1, 0.15) is 6.54 Å². The van der Waals surface area contributed by atoms with Gasteiger partial charge in [-0.1, -0.05) is 11.3 Å². The standard InChI is InChI=1S/C19H18N2O5S3/c1-26-17(22)11-21-15-9-8-14(29(3,24)25)10-16(15)28-19(21)20-18(23)12-4-6-13(27-2)7-5-12/h4-10H,11H2,1-3H3. The Morgan fingerprint density at radius 1 is 1.17 bits per heavy atom. The number of ether oxygens (including phenoxy) is 1. The fourth-order valence-corrected chi connectivity index (χ4v) is 4.80. The number of hydrogen-bond acceptors (Lipinski definition) is 7. The van der Waals surface area contributed by atoms with Gasteiger partial charge in [-0.2, -0.15) is 4.99 Å². The molecule has 152 valence electrons. The minimum absolute atomic E-state index is 0.147. The Morgan fingerprint density at radius 3 is 2.45 bits per heavy atom. The molecule has 2 aromatic carbocycles. The van der Waals surface area contributed by atoms with Gasteiger partial charge in [0.25, 0.3) is 5.91 Å². The van der Waals surface area contributed by atoms with Gasteiger partial charge in [0.2, 0.25) is 0 Å². The van der Waals surface area contributed by atoms with E-state index in [2.05, 4.69) is 4.99 Å². The quantitative estimate of drug-likeness (QED) is 0.438. The number of hydrogen-bond donors (Lipinski definition) is 0. The highest BCUT2D eigenvalue weighted by Crippen LogP contribution is 2.22. The van der Waals surface area contributed by atoms with Gasteiger partial charge >= 0.3 is 5.97 Å². The normalized spacial score (nSPS) is 12.3. The van der Waals surface area contributed by atoms with E-state index in [1.807, 2.05) is 18.4 Å². The molecule has 3 rings (SSSR count). The number of nitrogens with zero attached hydrogens (tertiary/aromatic N) is 2. The fraction of sp³-hybridized carbons (Fsp3) is 0.211. The molecule has 0 saturated carbocycles. The summed E-state index contributed by atoms with van der Waals surface area (Å²) >= 11 is 2.70. The first kappa shape index (κ1) is 21.3. The number of fused-ring (bicyclic) bond motifs is 1. The Labute approximate surface area is 176 Å².